The van der Waals surface area contributed by atoms with Crippen LogP contribution in [0, 0.1) is 5.92 Å². The van der Waals surface area contributed by atoms with Gasteiger partial charge in [0.25, 0.3) is 5.91 Å². The van der Waals surface area contributed by atoms with Crippen molar-refractivity contribution in [3.63, 3.8) is 0 Å². The van der Waals surface area contributed by atoms with E-state index in [-0.39, 0.29) is 5.91 Å². The first-order valence-corrected chi connectivity index (χ1v) is 8.30. The summed E-state index contributed by atoms with van der Waals surface area (Å²) in [6.45, 7) is 2.60. The Morgan fingerprint density at radius 2 is 1.92 bits per heavy atom. The molecule has 1 amide bonds. The first-order chi connectivity index (χ1) is 11.8. The number of nitrogens with zero attached hydrogens (tertiary/aromatic N) is 4. The van der Waals surface area contributed by atoms with Crippen molar-refractivity contribution < 1.29 is 9.53 Å². The fourth-order valence-electron chi connectivity index (χ4n) is 3.12. The summed E-state index contributed by atoms with van der Waals surface area (Å²) >= 11 is 0. The van der Waals surface area contributed by atoms with Crippen LogP contribution in [0.4, 0.5) is 11.4 Å². The maximum Gasteiger partial charge on any atom is 0.278 e. The smallest absolute Gasteiger partial charge is 0.278 e. The van der Waals surface area contributed by atoms with Gasteiger partial charge >= 0.3 is 0 Å². The van der Waals surface area contributed by atoms with Gasteiger partial charge in [0.15, 0.2) is 5.69 Å². The van der Waals surface area contributed by atoms with Gasteiger partial charge in [-0.1, -0.05) is 12.1 Å². The van der Waals surface area contributed by atoms with Gasteiger partial charge in [-0.15, -0.1) is 10.2 Å². The number of amides is 1. The number of carbonyl (C=O) groups excluding carboxylic acids is 1. The minimum atomic E-state index is -0.122. The van der Waals surface area contributed by atoms with Crippen LogP contribution in [0.3, 0.4) is 0 Å². The second-order valence-corrected chi connectivity index (χ2v) is 6.30. The molecule has 0 N–H and O–H groups in total. The Kier molecular flexibility index (Phi) is 3.80. The van der Waals surface area contributed by atoms with Gasteiger partial charge in [-0.05, 0) is 37.0 Å². The molecular formula is C18H20N4O2. The van der Waals surface area contributed by atoms with E-state index in [2.05, 4.69) is 21.2 Å². The number of para-hydroxylation sites is 2. The molecule has 6 heteroatoms. The van der Waals surface area contributed by atoms with Gasteiger partial charge in [-0.2, -0.15) is 0 Å². The SMILES string of the molecule is COc1ccc(C(=O)N2CCN(CC3CC3)c3ccccc32)nn1. The molecule has 1 aromatic heterocycles. The Bertz CT molecular complexity index is 743. The lowest BCUT2D eigenvalue weighted by atomic mass is 10.1. The van der Waals surface area contributed by atoms with E-state index in [1.54, 1.807) is 17.0 Å². The molecule has 0 unspecified atom stereocenters. The average molecular weight is 324 g/mol. The average Bonchev–Trinajstić information content (AvgIpc) is 3.46. The van der Waals surface area contributed by atoms with Crippen LogP contribution in [-0.2, 0) is 0 Å². The van der Waals surface area contributed by atoms with Crippen molar-refractivity contribution in [1.29, 1.82) is 0 Å². The number of ether oxygens (including phenoxy) is 1. The first kappa shape index (κ1) is 14.9. The Morgan fingerprint density at radius 1 is 1.12 bits per heavy atom. The normalized spacial score (nSPS) is 16.7. The zero-order chi connectivity index (χ0) is 16.5. The topological polar surface area (TPSA) is 58.6 Å². The van der Waals surface area contributed by atoms with Crippen molar-refractivity contribution in [3.8, 4) is 5.88 Å². The maximum atomic E-state index is 12.9. The summed E-state index contributed by atoms with van der Waals surface area (Å²) < 4.78 is 5.00. The maximum absolute atomic E-state index is 12.9. The molecule has 1 aliphatic heterocycles. The number of hydrogen-bond donors (Lipinski definition) is 0. The summed E-state index contributed by atoms with van der Waals surface area (Å²) in [5.74, 6) is 1.10. The summed E-state index contributed by atoms with van der Waals surface area (Å²) in [5, 5.41) is 7.90. The number of anilines is 2. The van der Waals surface area contributed by atoms with Gasteiger partial charge in [0, 0.05) is 25.7 Å². The van der Waals surface area contributed by atoms with Crippen molar-refractivity contribution in [3.05, 3.63) is 42.1 Å². The van der Waals surface area contributed by atoms with E-state index < -0.39 is 0 Å². The molecule has 2 aromatic rings. The third kappa shape index (κ3) is 2.79. The highest BCUT2D eigenvalue weighted by Gasteiger charge is 2.31. The van der Waals surface area contributed by atoms with Gasteiger partial charge in [0.1, 0.15) is 0 Å². The van der Waals surface area contributed by atoms with Crippen molar-refractivity contribution in [2.75, 3.05) is 36.5 Å². The Labute approximate surface area is 141 Å². The third-order valence-corrected chi connectivity index (χ3v) is 4.60. The van der Waals surface area contributed by atoms with Crippen LogP contribution in [-0.4, -0.2) is 42.8 Å². The Morgan fingerprint density at radius 3 is 2.58 bits per heavy atom. The van der Waals surface area contributed by atoms with E-state index in [0.717, 1.165) is 30.4 Å². The van der Waals surface area contributed by atoms with Crippen LogP contribution < -0.4 is 14.5 Å². The highest BCUT2D eigenvalue weighted by atomic mass is 16.5. The molecule has 124 valence electrons. The van der Waals surface area contributed by atoms with Gasteiger partial charge in [0.2, 0.25) is 5.88 Å². The molecule has 0 saturated heterocycles. The predicted octanol–water partition coefficient (Wildman–Crippen LogP) is 2.36. The Balaban J connectivity index is 1.61. The molecule has 6 nitrogen and oxygen atoms in total. The molecule has 0 atom stereocenters. The predicted molar refractivity (Wildman–Crippen MR) is 91.6 cm³/mol. The van der Waals surface area contributed by atoms with Crippen LogP contribution >= 0.6 is 0 Å². The number of aromatic nitrogens is 2. The van der Waals surface area contributed by atoms with E-state index in [9.17, 15) is 4.79 Å². The number of hydrogen-bond acceptors (Lipinski definition) is 5. The summed E-state index contributed by atoms with van der Waals surface area (Å²) in [6.07, 6.45) is 2.64. The molecule has 1 fully saturated rings. The van der Waals surface area contributed by atoms with Crippen LogP contribution in [0.1, 0.15) is 23.3 Å². The molecule has 2 aliphatic rings. The Hall–Kier alpha value is -2.63. The summed E-state index contributed by atoms with van der Waals surface area (Å²) in [6, 6.07) is 11.4. The highest BCUT2D eigenvalue weighted by molar-refractivity contribution is 6.07. The van der Waals surface area contributed by atoms with E-state index in [1.807, 2.05) is 18.2 Å². The van der Waals surface area contributed by atoms with Gasteiger partial charge in [0.05, 0.1) is 18.5 Å². The molecule has 1 aromatic carbocycles. The number of fused-ring (bicyclic) bond motifs is 1. The monoisotopic (exact) mass is 324 g/mol. The van der Waals surface area contributed by atoms with Crippen molar-refractivity contribution >= 4 is 17.3 Å². The third-order valence-electron chi connectivity index (χ3n) is 4.60. The fraction of sp³-hybridized carbons (Fsp3) is 0.389. The van der Waals surface area contributed by atoms with E-state index in [0.29, 0.717) is 18.1 Å². The first-order valence-electron chi connectivity index (χ1n) is 8.30. The van der Waals surface area contributed by atoms with Crippen LogP contribution in [0.15, 0.2) is 36.4 Å². The molecule has 0 spiro atoms. The summed E-state index contributed by atoms with van der Waals surface area (Å²) in [5.41, 5.74) is 2.42. The molecule has 24 heavy (non-hydrogen) atoms. The summed E-state index contributed by atoms with van der Waals surface area (Å²) in [7, 11) is 1.53. The molecule has 1 saturated carbocycles. The van der Waals surface area contributed by atoms with Crippen LogP contribution in [0.25, 0.3) is 0 Å². The quantitative estimate of drug-likeness (QED) is 0.864. The lowest BCUT2D eigenvalue weighted by Crippen LogP contribution is -2.45. The molecular weight excluding hydrogens is 304 g/mol. The van der Waals surface area contributed by atoms with Crippen LogP contribution in [0.2, 0.25) is 0 Å². The lowest BCUT2D eigenvalue weighted by molar-refractivity contribution is 0.0980. The number of carbonyl (C=O) groups is 1. The molecule has 1 aliphatic carbocycles. The largest absolute Gasteiger partial charge is 0.480 e. The second kappa shape index (κ2) is 6.11. The zero-order valence-electron chi connectivity index (χ0n) is 13.7. The molecule has 4 rings (SSSR count). The molecule has 0 bridgehead atoms. The van der Waals surface area contributed by atoms with E-state index in [4.69, 9.17) is 4.74 Å². The van der Waals surface area contributed by atoms with E-state index in [1.165, 1.54) is 20.0 Å². The van der Waals surface area contributed by atoms with Gasteiger partial charge < -0.3 is 14.5 Å². The van der Waals surface area contributed by atoms with Gasteiger partial charge in [-0.25, -0.2) is 0 Å². The molecule has 0 radical (unpaired) electrons. The number of rotatable bonds is 4. The lowest BCUT2D eigenvalue weighted by Gasteiger charge is -2.37. The minimum absolute atomic E-state index is 0.122. The minimum Gasteiger partial charge on any atom is -0.480 e. The van der Waals surface area contributed by atoms with Crippen molar-refractivity contribution in [2.24, 2.45) is 5.92 Å². The standard InChI is InChI=1S/C18H20N4O2/c1-24-17-9-8-14(19-20-17)18(23)22-11-10-21(12-13-6-7-13)15-4-2-3-5-16(15)22/h2-5,8-9,13H,6-7,10-12H2,1H3. The van der Waals surface area contributed by atoms with Crippen molar-refractivity contribution in [1.82, 2.24) is 10.2 Å². The fourth-order valence-corrected chi connectivity index (χ4v) is 3.12. The van der Waals surface area contributed by atoms with E-state index >= 15 is 0 Å². The number of benzene rings is 1. The molecule has 2 heterocycles. The highest BCUT2D eigenvalue weighted by Crippen LogP contribution is 2.37. The second-order valence-electron chi connectivity index (χ2n) is 6.30. The zero-order valence-corrected chi connectivity index (χ0v) is 13.7. The number of methoxy groups -OCH3 is 1. The van der Waals surface area contributed by atoms with Crippen molar-refractivity contribution in [2.45, 2.75) is 12.8 Å². The van der Waals surface area contributed by atoms with Gasteiger partial charge in [-0.3, -0.25) is 4.79 Å². The summed E-state index contributed by atoms with van der Waals surface area (Å²) in [4.78, 5) is 17.1. The van der Waals surface area contributed by atoms with Crippen LogP contribution in [0.5, 0.6) is 5.88 Å².